The fourth-order valence-corrected chi connectivity index (χ4v) is 5.41. The highest BCUT2D eigenvalue weighted by molar-refractivity contribution is 7.21. The van der Waals surface area contributed by atoms with Crippen LogP contribution in [-0.2, 0) is 17.6 Å². The van der Waals surface area contributed by atoms with Crippen molar-refractivity contribution in [2.75, 3.05) is 6.54 Å². The Hall–Kier alpha value is -2.73. The molecule has 2 N–H and O–H groups in total. The molecule has 0 unspecified atom stereocenters. The highest BCUT2D eigenvalue weighted by atomic mass is 32.1. The molecule has 2 heterocycles. The third kappa shape index (κ3) is 4.38. The van der Waals surface area contributed by atoms with Crippen molar-refractivity contribution in [3.63, 3.8) is 0 Å². The second-order valence-electron chi connectivity index (χ2n) is 7.84. The van der Waals surface area contributed by atoms with Gasteiger partial charge in [-0.1, -0.05) is 30.3 Å². The van der Waals surface area contributed by atoms with Crippen molar-refractivity contribution in [1.82, 2.24) is 4.90 Å². The van der Waals surface area contributed by atoms with Crippen LogP contribution in [0.5, 0.6) is 0 Å². The summed E-state index contributed by atoms with van der Waals surface area (Å²) in [7, 11) is 0. The number of thiophene rings is 1. The van der Waals surface area contributed by atoms with Crippen LogP contribution in [0.25, 0.3) is 10.1 Å². The van der Waals surface area contributed by atoms with E-state index in [9.17, 15) is 14.0 Å². The molecular weight excluding hydrogens is 399 g/mol. The van der Waals surface area contributed by atoms with Gasteiger partial charge in [0.1, 0.15) is 5.82 Å². The molecule has 6 heteroatoms. The quantitative estimate of drug-likeness (QED) is 0.624. The standard InChI is InChI=1S/C24H25FN2O2S/c25-17-11-8-16(9-12-17)10-13-22(28)27-14-4-3-5-18(27)15-20-19-6-1-2-7-21(19)30-23(20)24(26)29/h1-2,6-9,11-12,18H,3-5,10,13-15H2,(H2,26,29)/t18-/m1/s1. The van der Waals surface area contributed by atoms with Crippen LogP contribution in [0.3, 0.4) is 0 Å². The number of nitrogens with zero attached hydrogens (tertiary/aromatic N) is 1. The molecule has 156 valence electrons. The second kappa shape index (κ2) is 8.96. The molecule has 0 radical (unpaired) electrons. The molecule has 0 bridgehead atoms. The van der Waals surface area contributed by atoms with Gasteiger partial charge in [0, 0.05) is 23.7 Å². The van der Waals surface area contributed by atoms with Gasteiger partial charge in [0.15, 0.2) is 0 Å². The average Bonchev–Trinajstić information content (AvgIpc) is 3.12. The molecule has 1 aliphatic heterocycles. The number of carbonyl (C=O) groups excluding carboxylic acids is 2. The van der Waals surface area contributed by atoms with Crippen molar-refractivity contribution in [1.29, 1.82) is 0 Å². The maximum atomic E-state index is 13.1. The van der Waals surface area contributed by atoms with E-state index in [4.69, 9.17) is 5.73 Å². The molecule has 0 aliphatic carbocycles. The topological polar surface area (TPSA) is 63.4 Å². The zero-order valence-electron chi connectivity index (χ0n) is 16.8. The van der Waals surface area contributed by atoms with Crippen molar-refractivity contribution in [2.24, 2.45) is 5.73 Å². The maximum absolute atomic E-state index is 13.1. The summed E-state index contributed by atoms with van der Waals surface area (Å²) in [6.45, 7) is 0.737. The zero-order valence-corrected chi connectivity index (χ0v) is 17.6. The van der Waals surface area contributed by atoms with E-state index in [1.807, 2.05) is 29.2 Å². The highest BCUT2D eigenvalue weighted by Crippen LogP contribution is 2.34. The van der Waals surface area contributed by atoms with Gasteiger partial charge in [-0.05, 0) is 66.8 Å². The largest absolute Gasteiger partial charge is 0.365 e. The molecule has 0 saturated carbocycles. The number of rotatable bonds is 6. The van der Waals surface area contributed by atoms with Gasteiger partial charge in [-0.25, -0.2) is 4.39 Å². The van der Waals surface area contributed by atoms with Gasteiger partial charge in [-0.3, -0.25) is 9.59 Å². The predicted octanol–water partition coefficient (Wildman–Crippen LogP) is 4.70. The number of primary amides is 1. The summed E-state index contributed by atoms with van der Waals surface area (Å²) in [4.78, 5) is 27.7. The summed E-state index contributed by atoms with van der Waals surface area (Å²) in [5, 5.41) is 1.06. The van der Waals surface area contributed by atoms with E-state index in [0.717, 1.165) is 47.0 Å². The summed E-state index contributed by atoms with van der Waals surface area (Å²) in [6.07, 6.45) is 4.62. The molecule has 4 rings (SSSR count). The number of benzene rings is 2. The summed E-state index contributed by atoms with van der Waals surface area (Å²) in [5.41, 5.74) is 7.59. The van der Waals surface area contributed by atoms with Crippen molar-refractivity contribution >= 4 is 33.2 Å². The molecule has 1 fully saturated rings. The number of carbonyl (C=O) groups is 2. The maximum Gasteiger partial charge on any atom is 0.259 e. The van der Waals surface area contributed by atoms with Crippen molar-refractivity contribution < 1.29 is 14.0 Å². The van der Waals surface area contributed by atoms with Crippen LogP contribution in [0, 0.1) is 5.82 Å². The van der Waals surface area contributed by atoms with Gasteiger partial charge in [-0.15, -0.1) is 11.3 Å². The minimum absolute atomic E-state index is 0.0653. The summed E-state index contributed by atoms with van der Waals surface area (Å²) < 4.78 is 14.1. The Morgan fingerprint density at radius 3 is 2.63 bits per heavy atom. The van der Waals surface area contributed by atoms with Crippen molar-refractivity contribution in [3.05, 3.63) is 70.4 Å². The molecule has 30 heavy (non-hydrogen) atoms. The first-order valence-corrected chi connectivity index (χ1v) is 11.2. The van der Waals surface area contributed by atoms with Crippen LogP contribution in [-0.4, -0.2) is 29.3 Å². The lowest BCUT2D eigenvalue weighted by atomic mass is 9.93. The van der Waals surface area contributed by atoms with Gasteiger partial charge in [-0.2, -0.15) is 0 Å². The van der Waals surface area contributed by atoms with Gasteiger partial charge in [0.25, 0.3) is 5.91 Å². The number of piperidine rings is 1. The van der Waals surface area contributed by atoms with Crippen molar-refractivity contribution in [3.8, 4) is 0 Å². The Morgan fingerprint density at radius 1 is 1.10 bits per heavy atom. The smallest absolute Gasteiger partial charge is 0.259 e. The lowest BCUT2D eigenvalue weighted by Gasteiger charge is -2.36. The molecular formula is C24H25FN2O2S. The lowest BCUT2D eigenvalue weighted by Crippen LogP contribution is -2.45. The Morgan fingerprint density at radius 2 is 1.87 bits per heavy atom. The van der Waals surface area contributed by atoms with Gasteiger partial charge < -0.3 is 10.6 Å². The Bertz CT molecular complexity index is 1060. The molecule has 2 aromatic carbocycles. The van der Waals surface area contributed by atoms with E-state index >= 15 is 0 Å². The van der Waals surface area contributed by atoms with Gasteiger partial charge in [0.2, 0.25) is 5.91 Å². The van der Waals surface area contributed by atoms with Crippen LogP contribution < -0.4 is 5.73 Å². The number of likely N-dealkylation sites (tertiary alicyclic amines) is 1. The molecule has 1 aromatic heterocycles. The Labute approximate surface area is 179 Å². The van der Waals surface area contributed by atoms with E-state index < -0.39 is 5.91 Å². The van der Waals surface area contributed by atoms with Gasteiger partial charge in [0.05, 0.1) is 4.88 Å². The number of fused-ring (bicyclic) bond motifs is 1. The molecule has 1 aliphatic rings. The number of amides is 2. The lowest BCUT2D eigenvalue weighted by molar-refractivity contribution is -0.134. The number of nitrogens with two attached hydrogens (primary N) is 1. The number of hydrogen-bond donors (Lipinski definition) is 1. The molecule has 1 atom stereocenters. The van der Waals surface area contributed by atoms with Crippen LogP contribution in [0.15, 0.2) is 48.5 Å². The van der Waals surface area contributed by atoms with E-state index in [0.29, 0.717) is 24.1 Å². The van der Waals surface area contributed by atoms with E-state index in [-0.39, 0.29) is 17.8 Å². The second-order valence-corrected chi connectivity index (χ2v) is 8.89. The van der Waals surface area contributed by atoms with E-state index in [2.05, 4.69) is 0 Å². The Kier molecular flexibility index (Phi) is 6.13. The fourth-order valence-electron chi connectivity index (χ4n) is 4.32. The SMILES string of the molecule is NC(=O)c1sc2ccccc2c1C[C@H]1CCCCN1C(=O)CCc1ccc(F)cc1. The number of halogens is 1. The molecule has 4 nitrogen and oxygen atoms in total. The van der Waals surface area contributed by atoms with Crippen LogP contribution in [0.2, 0.25) is 0 Å². The first kappa shape index (κ1) is 20.5. The number of aryl methyl sites for hydroxylation is 1. The molecule has 2 amide bonds. The van der Waals surface area contributed by atoms with E-state index in [1.54, 1.807) is 12.1 Å². The summed E-state index contributed by atoms with van der Waals surface area (Å²) in [6, 6.07) is 14.3. The molecule has 3 aromatic rings. The summed E-state index contributed by atoms with van der Waals surface area (Å²) >= 11 is 1.43. The molecule has 0 spiro atoms. The van der Waals surface area contributed by atoms with Crippen LogP contribution in [0.1, 0.15) is 46.5 Å². The van der Waals surface area contributed by atoms with Crippen molar-refractivity contribution in [2.45, 2.75) is 44.6 Å². The number of hydrogen-bond acceptors (Lipinski definition) is 3. The van der Waals surface area contributed by atoms with Gasteiger partial charge >= 0.3 is 0 Å². The minimum atomic E-state index is -0.406. The minimum Gasteiger partial charge on any atom is -0.365 e. The predicted molar refractivity (Wildman–Crippen MR) is 118 cm³/mol. The first-order valence-electron chi connectivity index (χ1n) is 10.4. The normalized spacial score (nSPS) is 16.7. The third-order valence-corrected chi connectivity index (χ3v) is 7.08. The monoisotopic (exact) mass is 424 g/mol. The van der Waals surface area contributed by atoms with Crippen LogP contribution >= 0.6 is 11.3 Å². The third-order valence-electron chi connectivity index (χ3n) is 5.85. The summed E-state index contributed by atoms with van der Waals surface area (Å²) in [5.74, 6) is -0.560. The highest BCUT2D eigenvalue weighted by Gasteiger charge is 2.29. The Balaban J connectivity index is 1.52. The fraction of sp³-hybridized carbons (Fsp3) is 0.333. The van der Waals surface area contributed by atoms with E-state index in [1.165, 1.54) is 23.5 Å². The average molecular weight is 425 g/mol. The first-order chi connectivity index (χ1) is 14.5. The molecule has 1 saturated heterocycles. The van der Waals surface area contributed by atoms with Crippen LogP contribution in [0.4, 0.5) is 4.39 Å². The zero-order chi connectivity index (χ0) is 21.1.